The number of sulfonamides is 1. The number of amides is 1. The Labute approximate surface area is 203 Å². The molecule has 0 saturated carbocycles. The Hall–Kier alpha value is -3.60. The molecule has 180 valence electrons. The summed E-state index contributed by atoms with van der Waals surface area (Å²) in [5, 5.41) is 7.92. The van der Waals surface area contributed by atoms with Gasteiger partial charge in [-0.25, -0.2) is 13.4 Å². The van der Waals surface area contributed by atoms with Gasteiger partial charge in [0.05, 0.1) is 41.1 Å². The number of pyridine rings is 1. The topological polar surface area (TPSA) is 106 Å². The molecule has 1 amide bonds. The lowest BCUT2D eigenvalue weighted by Crippen LogP contribution is -2.40. The van der Waals surface area contributed by atoms with E-state index in [4.69, 9.17) is 9.72 Å². The van der Waals surface area contributed by atoms with Crippen molar-refractivity contribution >= 4 is 32.5 Å². The third-order valence-electron chi connectivity index (χ3n) is 5.93. The minimum absolute atomic E-state index is 0.182. The van der Waals surface area contributed by atoms with Crippen LogP contribution in [0.2, 0.25) is 0 Å². The van der Waals surface area contributed by atoms with Crippen LogP contribution in [0.4, 0.5) is 5.69 Å². The van der Waals surface area contributed by atoms with Gasteiger partial charge in [-0.15, -0.1) is 0 Å². The van der Waals surface area contributed by atoms with Crippen LogP contribution in [-0.4, -0.2) is 59.7 Å². The molecule has 1 saturated heterocycles. The lowest BCUT2D eigenvalue weighted by atomic mass is 10.0. The first-order valence-electron chi connectivity index (χ1n) is 11.4. The van der Waals surface area contributed by atoms with E-state index in [0.717, 1.165) is 17.5 Å². The summed E-state index contributed by atoms with van der Waals surface area (Å²) in [7, 11) is -3.60. The van der Waals surface area contributed by atoms with Gasteiger partial charge in [0.1, 0.15) is 0 Å². The molecular formula is C25H25N5O4S. The number of rotatable bonds is 6. The summed E-state index contributed by atoms with van der Waals surface area (Å²) in [6.07, 6.45) is 3.63. The van der Waals surface area contributed by atoms with Crippen molar-refractivity contribution in [1.29, 1.82) is 0 Å². The number of aryl methyl sites for hydroxylation is 1. The lowest BCUT2D eigenvalue weighted by Gasteiger charge is -2.26. The van der Waals surface area contributed by atoms with Crippen LogP contribution in [0.5, 0.6) is 0 Å². The molecule has 0 atom stereocenters. The molecule has 1 N–H and O–H groups in total. The number of hydrogen-bond donors (Lipinski definition) is 1. The molecule has 0 unspecified atom stereocenters. The standard InChI is InChI=1S/C25H25N5O4S/c1-2-29-17-18(16-26-29)24-15-22(21-5-3-4-6-23(21)28-24)25(31)27-19-7-9-20(10-8-19)35(32,33)30-11-13-34-14-12-30/h3-10,15-17H,2,11-14H2,1H3,(H,27,31). The zero-order chi connectivity index (χ0) is 24.4. The molecule has 35 heavy (non-hydrogen) atoms. The summed E-state index contributed by atoms with van der Waals surface area (Å²) in [4.78, 5) is 18.2. The third kappa shape index (κ3) is 4.68. The normalized spacial score (nSPS) is 14.8. The lowest BCUT2D eigenvalue weighted by molar-refractivity contribution is 0.0730. The van der Waals surface area contributed by atoms with Gasteiger partial charge < -0.3 is 10.1 Å². The summed E-state index contributed by atoms with van der Waals surface area (Å²) in [5.41, 5.74) is 3.15. The fraction of sp³-hybridized carbons (Fsp3) is 0.240. The smallest absolute Gasteiger partial charge is 0.256 e. The number of aromatic nitrogens is 3. The Balaban J connectivity index is 1.42. The SMILES string of the molecule is CCn1cc(-c2cc(C(=O)Nc3ccc(S(=O)(=O)N4CCOCC4)cc3)c3ccccc3n2)cn1. The van der Waals surface area contributed by atoms with Crippen LogP contribution in [-0.2, 0) is 21.3 Å². The molecule has 0 aliphatic carbocycles. The van der Waals surface area contributed by atoms with Crippen molar-refractivity contribution in [3.8, 4) is 11.3 Å². The number of hydrogen-bond acceptors (Lipinski definition) is 6. The number of benzene rings is 2. The van der Waals surface area contributed by atoms with Gasteiger partial charge in [-0.1, -0.05) is 18.2 Å². The van der Waals surface area contributed by atoms with E-state index in [1.807, 2.05) is 37.4 Å². The fourth-order valence-corrected chi connectivity index (χ4v) is 5.43. The molecule has 10 heteroatoms. The average Bonchev–Trinajstić information content (AvgIpc) is 3.38. The highest BCUT2D eigenvalue weighted by Gasteiger charge is 2.26. The molecule has 0 bridgehead atoms. The number of anilines is 1. The number of fused-ring (bicyclic) bond motifs is 1. The molecule has 3 heterocycles. The van der Waals surface area contributed by atoms with E-state index in [1.54, 1.807) is 29.1 Å². The van der Waals surface area contributed by atoms with Gasteiger partial charge in [-0.3, -0.25) is 9.48 Å². The van der Waals surface area contributed by atoms with Crippen molar-refractivity contribution < 1.29 is 17.9 Å². The molecule has 2 aromatic carbocycles. The number of carbonyl (C=O) groups excluding carboxylic acids is 1. The van der Waals surface area contributed by atoms with Crippen LogP contribution < -0.4 is 5.32 Å². The van der Waals surface area contributed by atoms with Gasteiger partial charge in [0.15, 0.2) is 0 Å². The highest BCUT2D eigenvalue weighted by atomic mass is 32.2. The van der Waals surface area contributed by atoms with Crippen LogP contribution in [0.25, 0.3) is 22.2 Å². The molecule has 9 nitrogen and oxygen atoms in total. The first-order chi connectivity index (χ1) is 17.0. The van der Waals surface area contributed by atoms with Gasteiger partial charge in [-0.05, 0) is 43.3 Å². The van der Waals surface area contributed by atoms with E-state index in [1.165, 1.54) is 16.4 Å². The molecule has 1 aliphatic heterocycles. The first kappa shape index (κ1) is 23.2. The molecule has 0 spiro atoms. The second-order valence-corrected chi connectivity index (χ2v) is 10.1. The Morgan fingerprint density at radius 2 is 1.83 bits per heavy atom. The number of nitrogens with one attached hydrogen (secondary N) is 1. The van der Waals surface area contributed by atoms with Crippen molar-refractivity contribution in [2.45, 2.75) is 18.4 Å². The van der Waals surface area contributed by atoms with Crippen LogP contribution in [0.1, 0.15) is 17.3 Å². The molecule has 1 fully saturated rings. The molecule has 2 aromatic heterocycles. The predicted octanol–water partition coefficient (Wildman–Crippen LogP) is 3.39. The summed E-state index contributed by atoms with van der Waals surface area (Å²) in [5.74, 6) is -0.309. The van der Waals surface area contributed by atoms with E-state index in [0.29, 0.717) is 48.8 Å². The van der Waals surface area contributed by atoms with Crippen LogP contribution in [0, 0.1) is 0 Å². The maximum Gasteiger partial charge on any atom is 0.256 e. The van der Waals surface area contributed by atoms with E-state index in [9.17, 15) is 13.2 Å². The number of carbonyl (C=O) groups is 1. The minimum atomic E-state index is -3.60. The molecule has 0 radical (unpaired) electrons. The maximum absolute atomic E-state index is 13.3. The Morgan fingerprint density at radius 3 is 2.54 bits per heavy atom. The van der Waals surface area contributed by atoms with Gasteiger partial charge >= 0.3 is 0 Å². The van der Waals surface area contributed by atoms with E-state index >= 15 is 0 Å². The van der Waals surface area contributed by atoms with Crippen molar-refractivity contribution in [2.24, 2.45) is 0 Å². The fourth-order valence-electron chi connectivity index (χ4n) is 4.02. The summed E-state index contributed by atoms with van der Waals surface area (Å²) >= 11 is 0. The second-order valence-electron chi connectivity index (χ2n) is 8.15. The maximum atomic E-state index is 13.3. The summed E-state index contributed by atoms with van der Waals surface area (Å²) in [6, 6.07) is 15.4. The second kappa shape index (κ2) is 9.57. The van der Waals surface area contributed by atoms with Crippen LogP contribution in [0.3, 0.4) is 0 Å². The van der Waals surface area contributed by atoms with Crippen molar-refractivity contribution in [2.75, 3.05) is 31.6 Å². The Morgan fingerprint density at radius 1 is 1.09 bits per heavy atom. The highest BCUT2D eigenvalue weighted by Crippen LogP contribution is 2.26. The molecular weight excluding hydrogens is 466 g/mol. The zero-order valence-electron chi connectivity index (χ0n) is 19.2. The van der Waals surface area contributed by atoms with E-state index in [-0.39, 0.29) is 10.8 Å². The van der Waals surface area contributed by atoms with Crippen molar-refractivity contribution in [1.82, 2.24) is 19.1 Å². The number of para-hydroxylation sites is 1. The van der Waals surface area contributed by atoms with Gasteiger partial charge in [0, 0.05) is 42.5 Å². The molecule has 5 rings (SSSR count). The largest absolute Gasteiger partial charge is 0.379 e. The highest BCUT2D eigenvalue weighted by molar-refractivity contribution is 7.89. The predicted molar refractivity (Wildman–Crippen MR) is 133 cm³/mol. The minimum Gasteiger partial charge on any atom is -0.379 e. The first-order valence-corrected chi connectivity index (χ1v) is 12.8. The van der Waals surface area contributed by atoms with Crippen molar-refractivity contribution in [3.05, 3.63) is 72.6 Å². The number of nitrogens with zero attached hydrogens (tertiary/aromatic N) is 4. The van der Waals surface area contributed by atoms with Crippen LogP contribution >= 0.6 is 0 Å². The van der Waals surface area contributed by atoms with Gasteiger partial charge in [0.2, 0.25) is 10.0 Å². The Kier molecular flexibility index (Phi) is 6.33. The zero-order valence-corrected chi connectivity index (χ0v) is 20.0. The average molecular weight is 492 g/mol. The van der Waals surface area contributed by atoms with Gasteiger partial charge in [-0.2, -0.15) is 9.40 Å². The quantitative estimate of drug-likeness (QED) is 0.443. The Bertz CT molecular complexity index is 1480. The summed E-state index contributed by atoms with van der Waals surface area (Å²) < 4.78 is 34.2. The summed E-state index contributed by atoms with van der Waals surface area (Å²) in [6.45, 7) is 4.16. The number of morpholine rings is 1. The molecule has 4 aromatic rings. The van der Waals surface area contributed by atoms with Crippen molar-refractivity contribution in [3.63, 3.8) is 0 Å². The monoisotopic (exact) mass is 491 g/mol. The third-order valence-corrected chi connectivity index (χ3v) is 7.85. The molecule has 1 aliphatic rings. The number of ether oxygens (including phenoxy) is 1. The van der Waals surface area contributed by atoms with Crippen LogP contribution in [0.15, 0.2) is 71.9 Å². The van der Waals surface area contributed by atoms with E-state index < -0.39 is 10.0 Å². The van der Waals surface area contributed by atoms with E-state index in [2.05, 4.69) is 10.4 Å². The van der Waals surface area contributed by atoms with Gasteiger partial charge in [0.25, 0.3) is 5.91 Å².